The molecule has 0 unspecified atom stereocenters. The molecule has 0 aliphatic heterocycles. The van der Waals surface area contributed by atoms with Crippen molar-refractivity contribution in [1.82, 2.24) is 15.3 Å². The topological polar surface area (TPSA) is 68.3 Å². The summed E-state index contributed by atoms with van der Waals surface area (Å²) in [7, 11) is 1.69. The van der Waals surface area contributed by atoms with Crippen molar-refractivity contribution in [3.63, 3.8) is 0 Å². The minimum absolute atomic E-state index is 0.604. The van der Waals surface area contributed by atoms with E-state index in [4.69, 9.17) is 9.47 Å². The Balaban J connectivity index is 2.32. The number of hydrogen-bond donors (Lipinski definition) is 2. The molecule has 102 valence electrons. The summed E-state index contributed by atoms with van der Waals surface area (Å²) in [4.78, 5) is 8.56. The summed E-state index contributed by atoms with van der Waals surface area (Å²) in [6, 6.07) is 1.82. The van der Waals surface area contributed by atoms with Gasteiger partial charge in [-0.15, -0.1) is 0 Å². The molecule has 0 bridgehead atoms. The number of rotatable bonds is 9. The van der Waals surface area contributed by atoms with Crippen LogP contribution in [-0.2, 0) is 4.74 Å². The molecule has 1 heterocycles. The Morgan fingerprint density at radius 2 is 2.06 bits per heavy atom. The largest absolute Gasteiger partial charge is 0.478 e. The monoisotopic (exact) mass is 254 g/mol. The van der Waals surface area contributed by atoms with E-state index in [2.05, 4.69) is 20.6 Å². The van der Waals surface area contributed by atoms with E-state index in [-0.39, 0.29) is 0 Å². The van der Waals surface area contributed by atoms with E-state index < -0.39 is 0 Å². The van der Waals surface area contributed by atoms with E-state index in [0.29, 0.717) is 18.4 Å². The first kappa shape index (κ1) is 14.7. The Bertz CT molecular complexity index is 347. The molecule has 0 aromatic carbocycles. The highest BCUT2D eigenvalue weighted by Crippen LogP contribution is 2.11. The van der Waals surface area contributed by atoms with Crippen LogP contribution in [0.3, 0.4) is 0 Å². The zero-order valence-corrected chi connectivity index (χ0v) is 11.3. The summed E-state index contributed by atoms with van der Waals surface area (Å²) in [5, 5.41) is 6.39. The van der Waals surface area contributed by atoms with Crippen molar-refractivity contribution in [3.05, 3.63) is 11.8 Å². The van der Waals surface area contributed by atoms with Crippen LogP contribution in [0.4, 0.5) is 5.95 Å². The first-order valence-corrected chi connectivity index (χ1v) is 6.18. The molecule has 2 N–H and O–H groups in total. The molecule has 0 aliphatic carbocycles. The average molecular weight is 254 g/mol. The van der Waals surface area contributed by atoms with E-state index >= 15 is 0 Å². The number of hydrogen-bond acceptors (Lipinski definition) is 6. The Hall–Kier alpha value is -1.40. The molecule has 1 aromatic heterocycles. The number of methoxy groups -OCH3 is 1. The summed E-state index contributed by atoms with van der Waals surface area (Å²) >= 11 is 0. The van der Waals surface area contributed by atoms with Gasteiger partial charge in [0, 0.05) is 38.5 Å². The second kappa shape index (κ2) is 8.66. The van der Waals surface area contributed by atoms with E-state index in [9.17, 15) is 0 Å². The summed E-state index contributed by atoms with van der Waals surface area (Å²) in [5.41, 5.74) is 0.892. The maximum atomic E-state index is 5.36. The Labute approximate surface area is 108 Å². The molecule has 0 spiro atoms. The molecule has 6 nitrogen and oxygen atoms in total. The van der Waals surface area contributed by atoms with Crippen molar-refractivity contribution in [1.29, 1.82) is 0 Å². The van der Waals surface area contributed by atoms with Gasteiger partial charge in [-0.1, -0.05) is 0 Å². The third-order valence-corrected chi connectivity index (χ3v) is 2.19. The van der Waals surface area contributed by atoms with Gasteiger partial charge in [0.15, 0.2) is 0 Å². The Kier molecular flexibility index (Phi) is 7.05. The standard InChI is InChI=1S/C12H22N4O2/c1-4-18-11-9-10(2)15-12(16-11)14-6-5-13-7-8-17-3/h9,13H,4-8H2,1-3H3,(H,14,15,16). The van der Waals surface area contributed by atoms with Gasteiger partial charge in [0.25, 0.3) is 0 Å². The SMILES string of the molecule is CCOc1cc(C)nc(NCCNCCOC)n1. The van der Waals surface area contributed by atoms with Crippen LogP contribution < -0.4 is 15.4 Å². The minimum atomic E-state index is 0.604. The fourth-order valence-electron chi connectivity index (χ4n) is 1.40. The molecule has 0 amide bonds. The van der Waals surface area contributed by atoms with Gasteiger partial charge in [0.05, 0.1) is 13.2 Å². The van der Waals surface area contributed by atoms with Crippen molar-refractivity contribution < 1.29 is 9.47 Å². The summed E-state index contributed by atoms with van der Waals surface area (Å²) in [6.07, 6.45) is 0. The van der Waals surface area contributed by atoms with Crippen molar-refractivity contribution >= 4 is 5.95 Å². The molecule has 0 aliphatic rings. The van der Waals surface area contributed by atoms with Crippen LogP contribution in [0.25, 0.3) is 0 Å². The van der Waals surface area contributed by atoms with Crippen molar-refractivity contribution in [3.8, 4) is 5.88 Å². The number of nitrogens with one attached hydrogen (secondary N) is 2. The van der Waals surface area contributed by atoms with Crippen LogP contribution >= 0.6 is 0 Å². The van der Waals surface area contributed by atoms with E-state index in [0.717, 1.165) is 31.9 Å². The zero-order valence-electron chi connectivity index (χ0n) is 11.3. The second-order valence-electron chi connectivity index (χ2n) is 3.77. The van der Waals surface area contributed by atoms with Crippen molar-refractivity contribution in [2.24, 2.45) is 0 Å². The summed E-state index contributed by atoms with van der Waals surface area (Å²) in [5.74, 6) is 1.21. The highest BCUT2D eigenvalue weighted by Gasteiger charge is 2.01. The average Bonchev–Trinajstić information content (AvgIpc) is 2.33. The maximum absolute atomic E-state index is 5.36. The molecule has 0 saturated heterocycles. The lowest BCUT2D eigenvalue weighted by molar-refractivity contribution is 0.200. The third-order valence-electron chi connectivity index (χ3n) is 2.19. The fourth-order valence-corrected chi connectivity index (χ4v) is 1.40. The number of ether oxygens (including phenoxy) is 2. The maximum Gasteiger partial charge on any atom is 0.226 e. The molecule has 6 heteroatoms. The van der Waals surface area contributed by atoms with Gasteiger partial charge >= 0.3 is 0 Å². The van der Waals surface area contributed by atoms with Crippen LogP contribution in [0.5, 0.6) is 5.88 Å². The molecular formula is C12H22N4O2. The Morgan fingerprint density at radius 1 is 1.22 bits per heavy atom. The van der Waals surface area contributed by atoms with Gasteiger partial charge in [-0.25, -0.2) is 4.98 Å². The second-order valence-corrected chi connectivity index (χ2v) is 3.77. The summed E-state index contributed by atoms with van der Waals surface area (Å²) < 4.78 is 10.3. The lowest BCUT2D eigenvalue weighted by Crippen LogP contribution is -2.26. The van der Waals surface area contributed by atoms with Crippen LogP contribution in [0.2, 0.25) is 0 Å². The Morgan fingerprint density at radius 3 is 2.78 bits per heavy atom. The number of aryl methyl sites for hydroxylation is 1. The number of aromatic nitrogens is 2. The smallest absolute Gasteiger partial charge is 0.226 e. The van der Waals surface area contributed by atoms with Crippen LogP contribution in [-0.4, -0.2) is 49.9 Å². The quantitative estimate of drug-likeness (QED) is 0.636. The van der Waals surface area contributed by atoms with Crippen LogP contribution in [0.1, 0.15) is 12.6 Å². The number of nitrogens with zero attached hydrogens (tertiary/aromatic N) is 2. The van der Waals surface area contributed by atoms with Gasteiger partial charge in [-0.3, -0.25) is 0 Å². The molecule has 18 heavy (non-hydrogen) atoms. The van der Waals surface area contributed by atoms with Gasteiger partial charge in [0.2, 0.25) is 11.8 Å². The van der Waals surface area contributed by atoms with Crippen molar-refractivity contribution in [2.75, 3.05) is 45.3 Å². The lowest BCUT2D eigenvalue weighted by atomic mass is 10.4. The summed E-state index contributed by atoms with van der Waals surface area (Å²) in [6.45, 7) is 7.63. The minimum Gasteiger partial charge on any atom is -0.478 e. The van der Waals surface area contributed by atoms with E-state index in [1.165, 1.54) is 0 Å². The van der Waals surface area contributed by atoms with Crippen LogP contribution in [0, 0.1) is 6.92 Å². The van der Waals surface area contributed by atoms with E-state index in [1.54, 1.807) is 7.11 Å². The molecular weight excluding hydrogens is 232 g/mol. The van der Waals surface area contributed by atoms with Gasteiger partial charge in [-0.05, 0) is 13.8 Å². The zero-order chi connectivity index (χ0) is 13.2. The number of anilines is 1. The van der Waals surface area contributed by atoms with Gasteiger partial charge < -0.3 is 20.1 Å². The van der Waals surface area contributed by atoms with Crippen molar-refractivity contribution in [2.45, 2.75) is 13.8 Å². The lowest BCUT2D eigenvalue weighted by Gasteiger charge is -2.09. The molecule has 1 rings (SSSR count). The molecule has 0 fully saturated rings. The van der Waals surface area contributed by atoms with Gasteiger partial charge in [-0.2, -0.15) is 4.98 Å². The predicted octanol–water partition coefficient (Wildman–Crippen LogP) is 0.832. The molecule has 0 saturated carbocycles. The normalized spacial score (nSPS) is 10.4. The molecule has 0 atom stereocenters. The first-order valence-electron chi connectivity index (χ1n) is 6.18. The highest BCUT2D eigenvalue weighted by molar-refractivity contribution is 5.30. The predicted molar refractivity (Wildman–Crippen MR) is 71.2 cm³/mol. The molecule has 1 aromatic rings. The third kappa shape index (κ3) is 5.79. The first-order chi connectivity index (χ1) is 8.76. The highest BCUT2D eigenvalue weighted by atomic mass is 16.5. The molecule has 0 radical (unpaired) electrons. The fraction of sp³-hybridized carbons (Fsp3) is 0.667. The van der Waals surface area contributed by atoms with Gasteiger partial charge in [0.1, 0.15) is 0 Å². The van der Waals surface area contributed by atoms with E-state index in [1.807, 2.05) is 19.9 Å². The van der Waals surface area contributed by atoms with Crippen LogP contribution in [0.15, 0.2) is 6.07 Å².